The smallest absolute Gasteiger partial charge is 0.306 e. The van der Waals surface area contributed by atoms with Crippen molar-refractivity contribution in [2.75, 3.05) is 13.7 Å². The second kappa shape index (κ2) is 6.49. The Morgan fingerprint density at radius 1 is 1.47 bits per heavy atom. The molecular formula is C12H20O3. The van der Waals surface area contributed by atoms with Crippen LogP contribution in [0, 0.1) is 5.92 Å². The third-order valence-corrected chi connectivity index (χ3v) is 2.79. The third kappa shape index (κ3) is 4.36. The van der Waals surface area contributed by atoms with E-state index in [9.17, 15) is 4.79 Å². The summed E-state index contributed by atoms with van der Waals surface area (Å²) in [4.78, 5) is 11.3. The lowest BCUT2D eigenvalue weighted by molar-refractivity contribution is -0.144. The summed E-state index contributed by atoms with van der Waals surface area (Å²) < 4.78 is 9.92. The average Bonchev–Trinajstić information content (AvgIpc) is 2.22. The molecule has 0 N–H and O–H groups in total. The van der Waals surface area contributed by atoms with Gasteiger partial charge < -0.3 is 9.47 Å². The lowest BCUT2D eigenvalue weighted by Crippen LogP contribution is -2.15. The Bertz CT molecular complexity index is 223. The molecule has 1 aliphatic carbocycles. The van der Waals surface area contributed by atoms with E-state index in [1.54, 1.807) is 7.11 Å². The van der Waals surface area contributed by atoms with Crippen LogP contribution in [-0.4, -0.2) is 19.7 Å². The number of esters is 1. The summed E-state index contributed by atoms with van der Waals surface area (Å²) in [6.07, 6.45) is 6.67. The summed E-state index contributed by atoms with van der Waals surface area (Å²) >= 11 is 0. The lowest BCUT2D eigenvalue weighted by Gasteiger charge is -2.22. The molecule has 0 atom stereocenters. The van der Waals surface area contributed by atoms with Crippen LogP contribution in [-0.2, 0) is 14.3 Å². The largest absolute Gasteiger partial charge is 0.504 e. The van der Waals surface area contributed by atoms with Crippen molar-refractivity contribution in [2.24, 2.45) is 5.92 Å². The van der Waals surface area contributed by atoms with E-state index in [4.69, 9.17) is 9.47 Å². The number of hydrogen-bond donors (Lipinski definition) is 0. The standard InChI is InChI=1S/C12H20O3/c1-3-15-12(13)8-10-4-6-11(7-5-10)9-14-2/h9-10H,3-8H2,1-2H3. The molecule has 1 rings (SSSR count). The second-order valence-electron chi connectivity index (χ2n) is 3.96. The number of allylic oxidation sites excluding steroid dienone is 1. The number of methoxy groups -OCH3 is 1. The van der Waals surface area contributed by atoms with E-state index < -0.39 is 0 Å². The van der Waals surface area contributed by atoms with Crippen LogP contribution in [0.5, 0.6) is 0 Å². The van der Waals surface area contributed by atoms with Crippen molar-refractivity contribution >= 4 is 5.97 Å². The molecule has 0 aliphatic heterocycles. The molecule has 0 saturated heterocycles. The summed E-state index contributed by atoms with van der Waals surface area (Å²) in [6.45, 7) is 2.33. The first-order valence-electron chi connectivity index (χ1n) is 5.62. The fourth-order valence-electron chi connectivity index (χ4n) is 1.99. The van der Waals surface area contributed by atoms with Crippen LogP contribution >= 0.6 is 0 Å². The van der Waals surface area contributed by atoms with Crippen LogP contribution in [0.15, 0.2) is 11.8 Å². The highest BCUT2D eigenvalue weighted by Gasteiger charge is 2.20. The summed E-state index contributed by atoms with van der Waals surface area (Å²) in [5.41, 5.74) is 1.36. The zero-order chi connectivity index (χ0) is 11.1. The summed E-state index contributed by atoms with van der Waals surface area (Å²) in [5, 5.41) is 0. The van der Waals surface area contributed by atoms with Gasteiger partial charge in [-0.1, -0.05) is 0 Å². The summed E-state index contributed by atoms with van der Waals surface area (Å²) in [5.74, 6) is 0.444. The van der Waals surface area contributed by atoms with E-state index in [1.165, 1.54) is 5.57 Å². The van der Waals surface area contributed by atoms with Crippen molar-refractivity contribution in [3.05, 3.63) is 11.8 Å². The lowest BCUT2D eigenvalue weighted by atomic mass is 9.84. The molecule has 0 bridgehead atoms. The van der Waals surface area contributed by atoms with Gasteiger partial charge in [0.2, 0.25) is 0 Å². The summed E-state index contributed by atoms with van der Waals surface area (Å²) in [6, 6.07) is 0. The predicted molar refractivity (Wildman–Crippen MR) is 58.3 cm³/mol. The molecule has 0 aromatic heterocycles. The molecule has 0 aromatic carbocycles. The van der Waals surface area contributed by atoms with Gasteiger partial charge >= 0.3 is 5.97 Å². The topological polar surface area (TPSA) is 35.5 Å². The molecule has 3 nitrogen and oxygen atoms in total. The maximum Gasteiger partial charge on any atom is 0.306 e. The van der Waals surface area contributed by atoms with Crippen LogP contribution in [0.25, 0.3) is 0 Å². The van der Waals surface area contributed by atoms with Gasteiger partial charge in [-0.15, -0.1) is 0 Å². The molecule has 3 heteroatoms. The summed E-state index contributed by atoms with van der Waals surface area (Å²) in [7, 11) is 1.68. The Morgan fingerprint density at radius 2 is 2.13 bits per heavy atom. The number of hydrogen-bond acceptors (Lipinski definition) is 3. The average molecular weight is 212 g/mol. The minimum absolute atomic E-state index is 0.0540. The molecular weight excluding hydrogens is 192 g/mol. The van der Waals surface area contributed by atoms with E-state index in [1.807, 2.05) is 13.2 Å². The van der Waals surface area contributed by atoms with Crippen molar-refractivity contribution in [2.45, 2.75) is 39.0 Å². The fraction of sp³-hybridized carbons (Fsp3) is 0.750. The van der Waals surface area contributed by atoms with Crippen molar-refractivity contribution in [1.82, 2.24) is 0 Å². The molecule has 86 valence electrons. The van der Waals surface area contributed by atoms with Gasteiger partial charge in [0.05, 0.1) is 20.0 Å². The highest BCUT2D eigenvalue weighted by molar-refractivity contribution is 5.69. The van der Waals surface area contributed by atoms with Crippen LogP contribution < -0.4 is 0 Å². The van der Waals surface area contributed by atoms with E-state index in [0.29, 0.717) is 18.9 Å². The van der Waals surface area contributed by atoms with Crippen LogP contribution in [0.3, 0.4) is 0 Å². The minimum Gasteiger partial charge on any atom is -0.504 e. The van der Waals surface area contributed by atoms with Crippen molar-refractivity contribution in [3.8, 4) is 0 Å². The highest BCUT2D eigenvalue weighted by atomic mass is 16.5. The Morgan fingerprint density at radius 3 is 2.67 bits per heavy atom. The maximum atomic E-state index is 11.3. The highest BCUT2D eigenvalue weighted by Crippen LogP contribution is 2.30. The third-order valence-electron chi connectivity index (χ3n) is 2.79. The van der Waals surface area contributed by atoms with Crippen LogP contribution in [0.1, 0.15) is 39.0 Å². The Labute approximate surface area is 91.4 Å². The van der Waals surface area contributed by atoms with Crippen LogP contribution in [0.4, 0.5) is 0 Å². The molecule has 0 unspecified atom stereocenters. The molecule has 0 radical (unpaired) electrons. The van der Waals surface area contributed by atoms with E-state index in [2.05, 4.69) is 0 Å². The van der Waals surface area contributed by atoms with Gasteiger partial charge in [-0.2, -0.15) is 0 Å². The van der Waals surface area contributed by atoms with Gasteiger partial charge in [0.15, 0.2) is 0 Å². The Balaban J connectivity index is 2.25. The second-order valence-corrected chi connectivity index (χ2v) is 3.96. The van der Waals surface area contributed by atoms with Gasteiger partial charge in [-0.25, -0.2) is 0 Å². The SMILES string of the molecule is CCOC(=O)CC1CCC(=COC)CC1. The maximum absolute atomic E-state index is 11.3. The van der Waals surface area contributed by atoms with Crippen molar-refractivity contribution in [3.63, 3.8) is 0 Å². The zero-order valence-electron chi connectivity index (χ0n) is 9.62. The van der Waals surface area contributed by atoms with Gasteiger partial charge in [0, 0.05) is 6.42 Å². The minimum atomic E-state index is -0.0540. The van der Waals surface area contributed by atoms with E-state index >= 15 is 0 Å². The molecule has 0 aromatic rings. The molecule has 0 spiro atoms. The first kappa shape index (κ1) is 12.1. The Kier molecular flexibility index (Phi) is 5.22. The van der Waals surface area contributed by atoms with Gasteiger partial charge in [0.1, 0.15) is 0 Å². The number of carbonyl (C=O) groups is 1. The number of ether oxygens (including phenoxy) is 2. The molecule has 1 fully saturated rings. The van der Waals surface area contributed by atoms with Gasteiger partial charge in [-0.05, 0) is 44.1 Å². The Hall–Kier alpha value is -0.990. The number of carbonyl (C=O) groups excluding carboxylic acids is 1. The van der Waals surface area contributed by atoms with E-state index in [0.717, 1.165) is 25.7 Å². The van der Waals surface area contributed by atoms with Crippen LogP contribution in [0.2, 0.25) is 0 Å². The normalized spacial score (nSPS) is 20.9. The first-order chi connectivity index (χ1) is 7.26. The predicted octanol–water partition coefficient (Wildman–Crippen LogP) is 2.66. The number of rotatable bonds is 4. The quantitative estimate of drug-likeness (QED) is 0.531. The van der Waals surface area contributed by atoms with Gasteiger partial charge in [0.25, 0.3) is 0 Å². The molecule has 1 saturated carbocycles. The first-order valence-corrected chi connectivity index (χ1v) is 5.62. The molecule has 1 aliphatic rings. The molecule has 0 heterocycles. The molecule has 15 heavy (non-hydrogen) atoms. The monoisotopic (exact) mass is 212 g/mol. The van der Waals surface area contributed by atoms with Gasteiger partial charge in [-0.3, -0.25) is 4.79 Å². The van der Waals surface area contributed by atoms with Crippen molar-refractivity contribution < 1.29 is 14.3 Å². The zero-order valence-corrected chi connectivity index (χ0v) is 9.62. The van der Waals surface area contributed by atoms with Crippen molar-refractivity contribution in [1.29, 1.82) is 0 Å². The fourth-order valence-corrected chi connectivity index (χ4v) is 1.99. The molecule has 0 amide bonds. The van der Waals surface area contributed by atoms with E-state index in [-0.39, 0.29) is 5.97 Å².